The largest absolute Gasteiger partial charge is 0.416 e. The Labute approximate surface area is 98.0 Å². The molecule has 0 fully saturated rings. The molecule has 0 unspecified atom stereocenters. The van der Waals surface area contributed by atoms with Crippen LogP contribution in [0.5, 0.6) is 0 Å². The third kappa shape index (κ3) is 2.39. The molecule has 94 valence electrons. The molecule has 0 saturated heterocycles. The van der Waals surface area contributed by atoms with E-state index in [-0.39, 0.29) is 11.6 Å². The Kier molecular flexibility index (Phi) is 3.03. The zero-order chi connectivity index (χ0) is 12.6. The molecular formula is C12H15F3N2. The van der Waals surface area contributed by atoms with Gasteiger partial charge >= 0.3 is 6.18 Å². The number of nitrogens with one attached hydrogen (secondary N) is 1. The molecule has 1 aliphatic heterocycles. The molecule has 1 aromatic rings. The number of anilines is 1. The SMILES string of the molecule is Cc1cc2c(cc1C(F)(F)F)NCCC[C@@H]2N. The maximum absolute atomic E-state index is 12.8. The summed E-state index contributed by atoms with van der Waals surface area (Å²) in [6.45, 7) is 2.14. The number of hydrogen-bond acceptors (Lipinski definition) is 2. The minimum atomic E-state index is -4.31. The van der Waals surface area contributed by atoms with Crippen LogP contribution in [-0.2, 0) is 6.18 Å². The maximum Gasteiger partial charge on any atom is 0.416 e. The highest BCUT2D eigenvalue weighted by molar-refractivity contribution is 5.58. The van der Waals surface area contributed by atoms with Crippen molar-refractivity contribution < 1.29 is 13.2 Å². The Hall–Kier alpha value is -1.23. The molecule has 0 amide bonds. The highest BCUT2D eigenvalue weighted by Gasteiger charge is 2.33. The first-order chi connectivity index (χ1) is 7.89. The Morgan fingerprint density at radius 2 is 2.06 bits per heavy atom. The summed E-state index contributed by atoms with van der Waals surface area (Å²) >= 11 is 0. The van der Waals surface area contributed by atoms with Crippen molar-refractivity contribution in [2.75, 3.05) is 11.9 Å². The van der Waals surface area contributed by atoms with Crippen LogP contribution in [-0.4, -0.2) is 6.54 Å². The van der Waals surface area contributed by atoms with Crippen molar-refractivity contribution in [2.24, 2.45) is 5.73 Å². The molecule has 0 bridgehead atoms. The Balaban J connectivity index is 2.52. The van der Waals surface area contributed by atoms with Crippen LogP contribution in [0.15, 0.2) is 12.1 Å². The summed E-state index contributed by atoms with van der Waals surface area (Å²) in [6, 6.07) is 2.55. The summed E-state index contributed by atoms with van der Waals surface area (Å²) < 4.78 is 38.3. The predicted molar refractivity (Wildman–Crippen MR) is 60.8 cm³/mol. The fraction of sp³-hybridized carbons (Fsp3) is 0.500. The summed E-state index contributed by atoms with van der Waals surface area (Å²) in [5.41, 5.74) is 6.91. The van der Waals surface area contributed by atoms with Crippen molar-refractivity contribution >= 4 is 5.69 Å². The number of hydrogen-bond donors (Lipinski definition) is 2. The van der Waals surface area contributed by atoms with Crippen LogP contribution in [0.2, 0.25) is 0 Å². The summed E-state index contributed by atoms with van der Waals surface area (Å²) in [4.78, 5) is 0. The second-order valence-corrected chi connectivity index (χ2v) is 4.43. The Morgan fingerprint density at radius 1 is 1.35 bits per heavy atom. The van der Waals surface area contributed by atoms with E-state index in [1.54, 1.807) is 6.07 Å². The molecule has 0 radical (unpaired) electrons. The Morgan fingerprint density at radius 3 is 2.71 bits per heavy atom. The van der Waals surface area contributed by atoms with Crippen LogP contribution < -0.4 is 11.1 Å². The second kappa shape index (κ2) is 4.22. The van der Waals surface area contributed by atoms with E-state index in [4.69, 9.17) is 5.73 Å². The molecule has 2 nitrogen and oxygen atoms in total. The average molecular weight is 244 g/mol. The maximum atomic E-state index is 12.8. The normalized spacial score (nSPS) is 20.4. The first-order valence-electron chi connectivity index (χ1n) is 5.61. The van der Waals surface area contributed by atoms with Crippen LogP contribution in [0.25, 0.3) is 0 Å². The van der Waals surface area contributed by atoms with E-state index in [2.05, 4.69) is 5.32 Å². The summed E-state index contributed by atoms with van der Waals surface area (Å²) in [6.07, 6.45) is -2.64. The van der Waals surface area contributed by atoms with Gasteiger partial charge in [-0.25, -0.2) is 0 Å². The molecule has 17 heavy (non-hydrogen) atoms. The average Bonchev–Trinajstić information content (AvgIpc) is 2.39. The van der Waals surface area contributed by atoms with Crippen molar-refractivity contribution in [3.8, 4) is 0 Å². The molecule has 2 rings (SSSR count). The highest BCUT2D eigenvalue weighted by Crippen LogP contribution is 2.37. The van der Waals surface area contributed by atoms with E-state index in [9.17, 15) is 13.2 Å². The third-order valence-corrected chi connectivity index (χ3v) is 3.11. The highest BCUT2D eigenvalue weighted by atomic mass is 19.4. The Bertz CT molecular complexity index is 426. The zero-order valence-electron chi connectivity index (χ0n) is 9.56. The molecular weight excluding hydrogens is 229 g/mol. The van der Waals surface area contributed by atoms with Crippen LogP contribution in [0, 0.1) is 6.92 Å². The fourth-order valence-corrected chi connectivity index (χ4v) is 2.20. The second-order valence-electron chi connectivity index (χ2n) is 4.43. The van der Waals surface area contributed by atoms with E-state index in [1.807, 2.05) is 0 Å². The minimum absolute atomic E-state index is 0.180. The molecule has 1 aromatic carbocycles. The molecule has 0 aromatic heterocycles. The van der Waals surface area contributed by atoms with E-state index in [0.29, 0.717) is 12.2 Å². The molecule has 0 aliphatic carbocycles. The summed E-state index contributed by atoms with van der Waals surface area (Å²) in [5.74, 6) is 0. The standard InChI is InChI=1S/C12H15F3N2/c1-7-5-8-10(16)3-2-4-17-11(8)6-9(7)12(13,14)15/h5-6,10,17H,2-4,16H2,1H3/t10-/m0/s1. The number of fused-ring (bicyclic) bond motifs is 1. The number of benzene rings is 1. The lowest BCUT2D eigenvalue weighted by Crippen LogP contribution is -2.13. The van der Waals surface area contributed by atoms with Gasteiger partial charge in [0, 0.05) is 18.3 Å². The van der Waals surface area contributed by atoms with Crippen LogP contribution in [0.3, 0.4) is 0 Å². The van der Waals surface area contributed by atoms with Crippen molar-refractivity contribution in [3.05, 3.63) is 28.8 Å². The smallest absolute Gasteiger partial charge is 0.385 e. The molecule has 0 spiro atoms. The van der Waals surface area contributed by atoms with Gasteiger partial charge in [0.05, 0.1) is 5.56 Å². The lowest BCUT2D eigenvalue weighted by Gasteiger charge is -2.18. The van der Waals surface area contributed by atoms with Gasteiger partial charge in [0.1, 0.15) is 0 Å². The first kappa shape index (κ1) is 12.2. The summed E-state index contributed by atoms with van der Waals surface area (Å²) in [7, 11) is 0. The van der Waals surface area contributed by atoms with Gasteiger partial charge in [-0.15, -0.1) is 0 Å². The third-order valence-electron chi connectivity index (χ3n) is 3.11. The van der Waals surface area contributed by atoms with Gasteiger partial charge in [-0.05, 0) is 37.0 Å². The number of rotatable bonds is 0. The fourth-order valence-electron chi connectivity index (χ4n) is 2.20. The van der Waals surface area contributed by atoms with Crippen molar-refractivity contribution in [1.82, 2.24) is 0 Å². The van der Waals surface area contributed by atoms with Gasteiger partial charge in [0.2, 0.25) is 0 Å². The van der Waals surface area contributed by atoms with Crippen LogP contribution >= 0.6 is 0 Å². The van der Waals surface area contributed by atoms with E-state index >= 15 is 0 Å². The number of alkyl halides is 3. The minimum Gasteiger partial charge on any atom is -0.385 e. The van der Waals surface area contributed by atoms with Crippen molar-refractivity contribution in [1.29, 1.82) is 0 Å². The molecule has 1 atom stereocenters. The van der Waals surface area contributed by atoms with Gasteiger partial charge < -0.3 is 11.1 Å². The molecule has 3 N–H and O–H groups in total. The zero-order valence-corrected chi connectivity index (χ0v) is 9.56. The van der Waals surface area contributed by atoms with Gasteiger partial charge in [-0.3, -0.25) is 0 Å². The monoisotopic (exact) mass is 244 g/mol. The molecule has 0 saturated carbocycles. The van der Waals surface area contributed by atoms with E-state index < -0.39 is 11.7 Å². The summed E-state index contributed by atoms with van der Waals surface area (Å²) in [5, 5.41) is 3.02. The van der Waals surface area contributed by atoms with Gasteiger partial charge in [0.25, 0.3) is 0 Å². The van der Waals surface area contributed by atoms with Crippen LogP contribution in [0.1, 0.15) is 35.6 Å². The molecule has 1 aliphatic rings. The van der Waals surface area contributed by atoms with Crippen LogP contribution in [0.4, 0.5) is 18.9 Å². The quantitative estimate of drug-likeness (QED) is 0.735. The number of aryl methyl sites for hydroxylation is 1. The predicted octanol–water partition coefficient (Wildman–Crippen LogP) is 3.22. The topological polar surface area (TPSA) is 38.0 Å². The van der Waals surface area contributed by atoms with E-state index in [0.717, 1.165) is 18.4 Å². The van der Waals surface area contributed by atoms with Crippen molar-refractivity contribution in [3.63, 3.8) is 0 Å². The van der Waals surface area contributed by atoms with Gasteiger partial charge in [-0.1, -0.05) is 6.07 Å². The number of halogens is 3. The van der Waals surface area contributed by atoms with Gasteiger partial charge in [-0.2, -0.15) is 13.2 Å². The van der Waals surface area contributed by atoms with Gasteiger partial charge in [0.15, 0.2) is 0 Å². The molecule has 1 heterocycles. The van der Waals surface area contributed by atoms with Crippen molar-refractivity contribution in [2.45, 2.75) is 32.0 Å². The number of nitrogens with two attached hydrogens (primary N) is 1. The lowest BCUT2D eigenvalue weighted by atomic mass is 9.97. The lowest BCUT2D eigenvalue weighted by molar-refractivity contribution is -0.138. The van der Waals surface area contributed by atoms with E-state index in [1.165, 1.54) is 13.0 Å². The molecule has 5 heteroatoms. The first-order valence-corrected chi connectivity index (χ1v) is 5.61.